The minimum absolute atomic E-state index is 0.417. The van der Waals surface area contributed by atoms with E-state index in [2.05, 4.69) is 0 Å². The molecule has 0 spiro atoms. The first-order valence-corrected chi connectivity index (χ1v) is 2.43. The first kappa shape index (κ1) is 5.00. The summed E-state index contributed by atoms with van der Waals surface area (Å²) >= 11 is 0. The molecule has 0 aromatic carbocycles. The molecule has 0 amide bonds. The van der Waals surface area contributed by atoms with E-state index in [1.807, 2.05) is 0 Å². The molecular weight excluding hydrogens is 95.1 g/mol. The third kappa shape index (κ3) is 1.11. The van der Waals surface area contributed by atoms with Crippen LogP contribution in [-0.2, 0) is 0 Å². The fourth-order valence-electron chi connectivity index (χ4n) is 0.743. The summed E-state index contributed by atoms with van der Waals surface area (Å²) in [7, 11) is 0. The van der Waals surface area contributed by atoms with Crippen LogP contribution in [0.1, 0.15) is 6.42 Å². The maximum Gasteiger partial charge on any atom is 0.115 e. The fourth-order valence-corrected chi connectivity index (χ4v) is 0.743. The highest BCUT2D eigenvalue weighted by atomic mass is 19.1. The Bertz CT molecular complexity index is 58.7. The molecule has 0 aliphatic carbocycles. The monoisotopic (exact) mass is 104 g/mol. The normalized spacial score (nSPS) is 34.3. The zero-order valence-electron chi connectivity index (χ0n) is 4.10. The van der Waals surface area contributed by atoms with Crippen molar-refractivity contribution in [1.29, 1.82) is 0 Å². The predicted octanol–water partition coefficient (Wildman–Crippen LogP) is -0.0961. The van der Waals surface area contributed by atoms with Gasteiger partial charge < -0.3 is 0 Å². The largest absolute Gasteiger partial charge is 0.269 e. The summed E-state index contributed by atoms with van der Waals surface area (Å²) in [6.07, 6.45) is -0.0683. The number of alkyl halides is 1. The van der Waals surface area contributed by atoms with E-state index in [0.717, 1.165) is 0 Å². The molecule has 0 bridgehead atoms. The number of hydrazine groups is 1. The summed E-state index contributed by atoms with van der Waals surface area (Å²) in [5, 5.41) is 1.50. The third-order valence-corrected chi connectivity index (χ3v) is 1.16. The van der Waals surface area contributed by atoms with Crippen LogP contribution in [0.25, 0.3) is 0 Å². The lowest BCUT2D eigenvalue weighted by Crippen LogP contribution is -2.28. The Balaban J connectivity index is 2.26. The summed E-state index contributed by atoms with van der Waals surface area (Å²) in [6.45, 7) is 1.13. The molecule has 1 fully saturated rings. The van der Waals surface area contributed by atoms with Crippen molar-refractivity contribution in [3.05, 3.63) is 0 Å². The molecule has 1 aliphatic rings. The van der Waals surface area contributed by atoms with Crippen LogP contribution in [0.5, 0.6) is 0 Å². The molecule has 1 rings (SSSR count). The van der Waals surface area contributed by atoms with Gasteiger partial charge in [0.1, 0.15) is 6.17 Å². The minimum atomic E-state index is -0.676. The van der Waals surface area contributed by atoms with Crippen molar-refractivity contribution in [2.45, 2.75) is 12.6 Å². The van der Waals surface area contributed by atoms with Crippen LogP contribution in [0.2, 0.25) is 0 Å². The van der Waals surface area contributed by atoms with Gasteiger partial charge in [0.05, 0.1) is 0 Å². The number of hydrogen-bond acceptors (Lipinski definition) is 2. The molecule has 1 heterocycles. The number of nitrogens with zero attached hydrogens (tertiary/aromatic N) is 1. The fraction of sp³-hybridized carbons (Fsp3) is 1.00. The summed E-state index contributed by atoms with van der Waals surface area (Å²) < 4.78 is 12.1. The van der Waals surface area contributed by atoms with Crippen LogP contribution in [0.15, 0.2) is 0 Å². The van der Waals surface area contributed by atoms with Crippen molar-refractivity contribution in [3.63, 3.8) is 0 Å². The minimum Gasteiger partial charge on any atom is -0.269 e. The van der Waals surface area contributed by atoms with Gasteiger partial charge in [-0.3, -0.25) is 5.84 Å². The molecule has 1 aliphatic heterocycles. The van der Waals surface area contributed by atoms with E-state index < -0.39 is 6.17 Å². The molecule has 7 heavy (non-hydrogen) atoms. The molecule has 0 aromatic rings. The van der Waals surface area contributed by atoms with Gasteiger partial charge in [0.15, 0.2) is 0 Å². The standard InChI is InChI=1S/C4H9FN2/c5-4-1-2-7(6)3-4/h4H,1-3,6H2/t4-/m1/s1. The predicted molar refractivity (Wildman–Crippen MR) is 25.3 cm³/mol. The number of halogens is 1. The molecule has 0 radical (unpaired) electrons. The molecule has 2 N–H and O–H groups in total. The van der Waals surface area contributed by atoms with Gasteiger partial charge in [0, 0.05) is 13.1 Å². The average molecular weight is 104 g/mol. The van der Waals surface area contributed by atoms with Gasteiger partial charge in [-0.15, -0.1) is 0 Å². The van der Waals surface area contributed by atoms with Gasteiger partial charge in [-0.2, -0.15) is 0 Å². The average Bonchev–Trinajstić information content (AvgIpc) is 1.87. The van der Waals surface area contributed by atoms with Crippen molar-refractivity contribution in [2.75, 3.05) is 13.1 Å². The lowest BCUT2D eigenvalue weighted by Gasteiger charge is -2.01. The van der Waals surface area contributed by atoms with Gasteiger partial charge >= 0.3 is 0 Å². The van der Waals surface area contributed by atoms with E-state index in [4.69, 9.17) is 5.84 Å². The van der Waals surface area contributed by atoms with Crippen LogP contribution < -0.4 is 5.84 Å². The highest BCUT2D eigenvalue weighted by molar-refractivity contribution is 4.69. The van der Waals surface area contributed by atoms with Crippen LogP contribution in [0.3, 0.4) is 0 Å². The van der Waals surface area contributed by atoms with Crippen molar-refractivity contribution < 1.29 is 4.39 Å². The molecule has 3 heteroatoms. The van der Waals surface area contributed by atoms with E-state index >= 15 is 0 Å². The van der Waals surface area contributed by atoms with Crippen LogP contribution >= 0.6 is 0 Å². The highest BCUT2D eigenvalue weighted by Gasteiger charge is 2.17. The Morgan fingerprint density at radius 3 is 2.57 bits per heavy atom. The summed E-state index contributed by atoms with van der Waals surface area (Å²) in [5.74, 6) is 5.22. The van der Waals surface area contributed by atoms with E-state index in [9.17, 15) is 4.39 Å². The smallest absolute Gasteiger partial charge is 0.115 e. The second-order valence-electron chi connectivity index (χ2n) is 1.88. The maximum absolute atomic E-state index is 12.1. The van der Waals surface area contributed by atoms with Gasteiger partial charge in [0.2, 0.25) is 0 Å². The third-order valence-electron chi connectivity index (χ3n) is 1.16. The Labute approximate surface area is 42.1 Å². The van der Waals surface area contributed by atoms with Gasteiger partial charge in [0.25, 0.3) is 0 Å². The molecule has 0 aromatic heterocycles. The number of nitrogens with two attached hydrogens (primary N) is 1. The van der Waals surface area contributed by atoms with Gasteiger partial charge in [-0.1, -0.05) is 0 Å². The molecule has 0 unspecified atom stereocenters. The lowest BCUT2D eigenvalue weighted by atomic mass is 10.4. The number of hydrogen-bond donors (Lipinski definition) is 1. The van der Waals surface area contributed by atoms with Crippen molar-refractivity contribution in [1.82, 2.24) is 5.01 Å². The Hall–Kier alpha value is -0.150. The quantitative estimate of drug-likeness (QED) is 0.435. The second-order valence-corrected chi connectivity index (χ2v) is 1.88. The highest BCUT2D eigenvalue weighted by Crippen LogP contribution is 2.06. The van der Waals surface area contributed by atoms with Crippen LogP contribution in [0, 0.1) is 0 Å². The van der Waals surface area contributed by atoms with Gasteiger partial charge in [-0.05, 0) is 6.42 Å². The zero-order chi connectivity index (χ0) is 5.28. The van der Waals surface area contributed by atoms with Crippen molar-refractivity contribution in [3.8, 4) is 0 Å². The van der Waals surface area contributed by atoms with Crippen molar-refractivity contribution >= 4 is 0 Å². The first-order valence-electron chi connectivity index (χ1n) is 2.43. The number of rotatable bonds is 0. The molecule has 0 saturated carbocycles. The van der Waals surface area contributed by atoms with E-state index in [0.29, 0.717) is 19.5 Å². The van der Waals surface area contributed by atoms with Crippen LogP contribution in [-0.4, -0.2) is 24.3 Å². The SMILES string of the molecule is NN1CC[C@@H](F)C1. The molecule has 1 atom stereocenters. The Kier molecular flexibility index (Phi) is 1.25. The van der Waals surface area contributed by atoms with E-state index in [1.54, 1.807) is 0 Å². The molecule has 2 nitrogen and oxygen atoms in total. The first-order chi connectivity index (χ1) is 3.29. The zero-order valence-corrected chi connectivity index (χ0v) is 4.10. The maximum atomic E-state index is 12.1. The lowest BCUT2D eigenvalue weighted by molar-refractivity contribution is 0.295. The molecular formula is C4H9FN2. The van der Waals surface area contributed by atoms with Crippen molar-refractivity contribution in [2.24, 2.45) is 5.84 Å². The second kappa shape index (κ2) is 1.76. The van der Waals surface area contributed by atoms with E-state index in [1.165, 1.54) is 5.01 Å². The Morgan fingerprint density at radius 2 is 2.43 bits per heavy atom. The molecule has 1 saturated heterocycles. The summed E-state index contributed by atoms with van der Waals surface area (Å²) in [6, 6.07) is 0. The van der Waals surface area contributed by atoms with E-state index in [-0.39, 0.29) is 0 Å². The van der Waals surface area contributed by atoms with Crippen LogP contribution in [0.4, 0.5) is 4.39 Å². The van der Waals surface area contributed by atoms with Gasteiger partial charge in [-0.25, -0.2) is 9.40 Å². The summed E-state index contributed by atoms with van der Waals surface area (Å²) in [4.78, 5) is 0. The molecule has 42 valence electrons. The Morgan fingerprint density at radius 1 is 1.71 bits per heavy atom. The summed E-state index contributed by atoms with van der Waals surface area (Å²) in [5.41, 5.74) is 0. The topological polar surface area (TPSA) is 29.3 Å².